The molecule has 7 heteroatoms. The van der Waals surface area contributed by atoms with Gasteiger partial charge in [-0.05, 0) is 24.5 Å². The lowest BCUT2D eigenvalue weighted by atomic mass is 10.1. The van der Waals surface area contributed by atoms with Gasteiger partial charge in [0.1, 0.15) is 17.3 Å². The molecule has 0 aromatic heterocycles. The summed E-state index contributed by atoms with van der Waals surface area (Å²) >= 11 is 1.95. The standard InChI is InChI=1S/C16H24N2O3S2/c1-12(2)9-13-11-21-15-10-14(18-5-7-22-8-6-18)3-4-16(15)23(19,20)17-13/h3-4,10,12-13,17H,5-9,11H2,1-2H3/t13-/m1/s1. The fourth-order valence-electron chi connectivity index (χ4n) is 3.04. The third-order valence-corrected chi connectivity index (χ3v) is 6.61. The minimum atomic E-state index is -3.52. The van der Waals surface area contributed by atoms with E-state index in [0.29, 0.717) is 18.3 Å². The van der Waals surface area contributed by atoms with E-state index in [4.69, 9.17) is 4.74 Å². The number of sulfonamides is 1. The van der Waals surface area contributed by atoms with Crippen LogP contribution in [0.15, 0.2) is 23.1 Å². The number of thioether (sulfide) groups is 1. The van der Waals surface area contributed by atoms with Crippen molar-refractivity contribution >= 4 is 27.5 Å². The van der Waals surface area contributed by atoms with Crippen LogP contribution in [0.1, 0.15) is 20.3 Å². The lowest BCUT2D eigenvalue weighted by Gasteiger charge is -2.28. The Morgan fingerprint density at radius 2 is 2.09 bits per heavy atom. The number of ether oxygens (including phenoxy) is 1. The maximum Gasteiger partial charge on any atom is 0.244 e. The van der Waals surface area contributed by atoms with Crippen molar-refractivity contribution < 1.29 is 13.2 Å². The zero-order valence-corrected chi connectivity index (χ0v) is 15.3. The van der Waals surface area contributed by atoms with Gasteiger partial charge in [-0.25, -0.2) is 13.1 Å². The van der Waals surface area contributed by atoms with E-state index < -0.39 is 10.0 Å². The molecule has 0 amide bonds. The summed E-state index contributed by atoms with van der Waals surface area (Å²) in [4.78, 5) is 2.54. The molecular formula is C16H24N2O3S2. The summed E-state index contributed by atoms with van der Waals surface area (Å²) in [6.07, 6.45) is 0.767. The molecule has 1 saturated heterocycles. The van der Waals surface area contributed by atoms with Crippen LogP contribution in [0.2, 0.25) is 0 Å². The number of fused-ring (bicyclic) bond motifs is 1. The Morgan fingerprint density at radius 1 is 1.35 bits per heavy atom. The van der Waals surface area contributed by atoms with Crippen LogP contribution in [-0.2, 0) is 10.0 Å². The van der Waals surface area contributed by atoms with Crippen LogP contribution in [0.5, 0.6) is 5.75 Å². The Balaban J connectivity index is 1.87. The van der Waals surface area contributed by atoms with Gasteiger partial charge in [0.05, 0.1) is 6.04 Å². The SMILES string of the molecule is CC(C)C[C@@H]1COc2cc(N3CCSCC3)ccc2S(=O)(=O)N1. The Labute approximate surface area is 142 Å². The largest absolute Gasteiger partial charge is 0.490 e. The van der Waals surface area contributed by atoms with Gasteiger partial charge in [-0.1, -0.05) is 13.8 Å². The van der Waals surface area contributed by atoms with Crippen molar-refractivity contribution in [2.24, 2.45) is 5.92 Å². The summed E-state index contributed by atoms with van der Waals surface area (Å²) in [6.45, 7) is 6.52. The number of nitrogens with zero attached hydrogens (tertiary/aromatic N) is 1. The highest BCUT2D eigenvalue weighted by atomic mass is 32.2. The Bertz CT molecular complexity index is 655. The molecule has 1 aromatic rings. The van der Waals surface area contributed by atoms with Crippen LogP contribution in [0.3, 0.4) is 0 Å². The van der Waals surface area contributed by atoms with Gasteiger partial charge in [0.15, 0.2) is 0 Å². The second kappa shape index (κ2) is 6.91. The maximum atomic E-state index is 12.6. The van der Waals surface area contributed by atoms with E-state index in [-0.39, 0.29) is 10.9 Å². The molecule has 128 valence electrons. The molecule has 5 nitrogen and oxygen atoms in total. The third-order valence-electron chi connectivity index (χ3n) is 4.11. The van der Waals surface area contributed by atoms with Crippen molar-refractivity contribution in [3.05, 3.63) is 18.2 Å². The summed E-state index contributed by atoms with van der Waals surface area (Å²) in [5.41, 5.74) is 1.04. The molecule has 3 rings (SSSR count). The highest BCUT2D eigenvalue weighted by molar-refractivity contribution is 7.99. The Morgan fingerprint density at radius 3 is 2.78 bits per heavy atom. The molecule has 2 aliphatic rings. The summed E-state index contributed by atoms with van der Waals surface area (Å²) in [5.74, 6) is 3.09. The molecule has 23 heavy (non-hydrogen) atoms. The summed E-state index contributed by atoms with van der Waals surface area (Å²) in [7, 11) is -3.52. The van der Waals surface area contributed by atoms with Crippen molar-refractivity contribution in [2.45, 2.75) is 31.2 Å². The predicted molar refractivity (Wildman–Crippen MR) is 95.0 cm³/mol. The van der Waals surface area contributed by atoms with Gasteiger partial charge in [-0.2, -0.15) is 11.8 Å². The van der Waals surface area contributed by atoms with Crippen LogP contribution in [0, 0.1) is 5.92 Å². The minimum Gasteiger partial charge on any atom is -0.490 e. The monoisotopic (exact) mass is 356 g/mol. The van der Waals surface area contributed by atoms with Gasteiger partial charge in [0.25, 0.3) is 0 Å². The van der Waals surface area contributed by atoms with E-state index in [1.54, 1.807) is 6.07 Å². The van der Waals surface area contributed by atoms with Gasteiger partial charge >= 0.3 is 0 Å². The molecule has 1 N–H and O–H groups in total. The van der Waals surface area contributed by atoms with E-state index in [1.165, 1.54) is 0 Å². The van der Waals surface area contributed by atoms with Crippen LogP contribution < -0.4 is 14.4 Å². The molecule has 0 radical (unpaired) electrons. The first-order valence-corrected chi connectivity index (χ1v) is 10.7. The van der Waals surface area contributed by atoms with Gasteiger partial charge < -0.3 is 9.64 Å². The lowest BCUT2D eigenvalue weighted by Crippen LogP contribution is -2.37. The number of anilines is 1. The highest BCUT2D eigenvalue weighted by Crippen LogP contribution is 2.32. The third kappa shape index (κ3) is 3.95. The maximum absolute atomic E-state index is 12.6. The smallest absolute Gasteiger partial charge is 0.244 e. The molecule has 2 heterocycles. The summed E-state index contributed by atoms with van der Waals surface area (Å²) in [5, 5.41) is 0. The molecule has 1 atom stereocenters. The van der Waals surface area contributed by atoms with Crippen LogP contribution >= 0.6 is 11.8 Å². The van der Waals surface area contributed by atoms with Crippen molar-refractivity contribution in [3.8, 4) is 5.75 Å². The molecule has 0 spiro atoms. The molecule has 0 bridgehead atoms. The fourth-order valence-corrected chi connectivity index (χ4v) is 5.31. The topological polar surface area (TPSA) is 58.6 Å². The fraction of sp³-hybridized carbons (Fsp3) is 0.625. The average Bonchev–Trinajstić information content (AvgIpc) is 2.63. The molecule has 0 aliphatic carbocycles. The van der Waals surface area contributed by atoms with Gasteiger partial charge in [-0.3, -0.25) is 0 Å². The quantitative estimate of drug-likeness (QED) is 0.901. The predicted octanol–water partition coefficient (Wildman–Crippen LogP) is 2.33. The highest BCUT2D eigenvalue weighted by Gasteiger charge is 2.29. The zero-order valence-electron chi connectivity index (χ0n) is 13.6. The van der Waals surface area contributed by atoms with Crippen molar-refractivity contribution in [1.82, 2.24) is 4.72 Å². The molecule has 1 fully saturated rings. The molecule has 2 aliphatic heterocycles. The van der Waals surface area contributed by atoms with Crippen molar-refractivity contribution in [1.29, 1.82) is 0 Å². The van der Waals surface area contributed by atoms with Crippen LogP contribution in [0.25, 0.3) is 0 Å². The average molecular weight is 357 g/mol. The second-order valence-corrected chi connectivity index (χ2v) is 9.40. The Hall–Kier alpha value is -0.920. The minimum absolute atomic E-state index is 0.178. The van der Waals surface area contributed by atoms with E-state index in [1.807, 2.05) is 23.9 Å². The molecule has 1 aromatic carbocycles. The van der Waals surface area contributed by atoms with E-state index >= 15 is 0 Å². The normalized spacial score (nSPS) is 24.0. The zero-order chi connectivity index (χ0) is 16.4. The first-order valence-electron chi connectivity index (χ1n) is 8.07. The van der Waals surface area contributed by atoms with Gasteiger partial charge in [0, 0.05) is 36.3 Å². The van der Waals surface area contributed by atoms with E-state index in [9.17, 15) is 8.42 Å². The second-order valence-electron chi connectivity index (χ2n) is 6.49. The van der Waals surface area contributed by atoms with Gasteiger partial charge in [-0.15, -0.1) is 0 Å². The molecule has 0 unspecified atom stereocenters. The van der Waals surface area contributed by atoms with Crippen LogP contribution in [-0.4, -0.2) is 45.7 Å². The molecule has 0 saturated carbocycles. The first kappa shape index (κ1) is 16.9. The molecular weight excluding hydrogens is 332 g/mol. The van der Waals surface area contributed by atoms with Crippen molar-refractivity contribution in [3.63, 3.8) is 0 Å². The number of hydrogen-bond donors (Lipinski definition) is 1. The lowest BCUT2D eigenvalue weighted by molar-refractivity contribution is 0.262. The first-order chi connectivity index (χ1) is 11.0. The van der Waals surface area contributed by atoms with Gasteiger partial charge in [0.2, 0.25) is 10.0 Å². The van der Waals surface area contributed by atoms with E-state index in [0.717, 1.165) is 36.7 Å². The summed E-state index contributed by atoms with van der Waals surface area (Å²) in [6, 6.07) is 5.26. The number of nitrogens with one attached hydrogen (secondary N) is 1. The van der Waals surface area contributed by atoms with Crippen molar-refractivity contribution in [2.75, 3.05) is 36.1 Å². The van der Waals surface area contributed by atoms with Crippen LogP contribution in [0.4, 0.5) is 5.69 Å². The Kier molecular flexibility index (Phi) is 5.08. The number of rotatable bonds is 3. The summed E-state index contributed by atoms with van der Waals surface area (Å²) < 4.78 is 33.8. The number of hydrogen-bond acceptors (Lipinski definition) is 5. The number of benzene rings is 1. The van der Waals surface area contributed by atoms with E-state index in [2.05, 4.69) is 23.5 Å².